The van der Waals surface area contributed by atoms with Gasteiger partial charge in [-0.25, -0.2) is 0 Å². The molecule has 1 N–H and O–H groups in total. The quantitative estimate of drug-likeness (QED) is 0.737. The minimum Gasteiger partial charge on any atom is -0.311 e. The Morgan fingerprint density at radius 2 is 2.33 bits per heavy atom. The van der Waals surface area contributed by atoms with E-state index in [2.05, 4.69) is 37.3 Å². The first-order chi connectivity index (χ1) is 5.75. The summed E-state index contributed by atoms with van der Waals surface area (Å²) in [6.07, 6.45) is 1.85. The standard InChI is InChI=1S/C9H17N3/c1-4-10-7-9-5-6-11-12(9)8(2)3/h5-6,8,10H,4,7H2,1-3H3. The molecule has 0 bridgehead atoms. The molecule has 0 aromatic carbocycles. The topological polar surface area (TPSA) is 29.9 Å². The number of rotatable bonds is 4. The Morgan fingerprint density at radius 3 is 2.92 bits per heavy atom. The van der Waals surface area contributed by atoms with Gasteiger partial charge in [0.25, 0.3) is 0 Å². The van der Waals surface area contributed by atoms with E-state index < -0.39 is 0 Å². The largest absolute Gasteiger partial charge is 0.311 e. The van der Waals surface area contributed by atoms with Gasteiger partial charge in [0.2, 0.25) is 0 Å². The average Bonchev–Trinajstić information content (AvgIpc) is 2.48. The van der Waals surface area contributed by atoms with Crippen molar-refractivity contribution < 1.29 is 0 Å². The Hall–Kier alpha value is -0.830. The van der Waals surface area contributed by atoms with Crippen molar-refractivity contribution >= 4 is 0 Å². The lowest BCUT2D eigenvalue weighted by molar-refractivity contribution is 0.498. The zero-order valence-corrected chi connectivity index (χ0v) is 8.04. The van der Waals surface area contributed by atoms with Crippen LogP contribution in [-0.2, 0) is 6.54 Å². The molecule has 1 aromatic rings. The van der Waals surface area contributed by atoms with Crippen molar-refractivity contribution in [1.29, 1.82) is 0 Å². The maximum Gasteiger partial charge on any atom is 0.0525 e. The van der Waals surface area contributed by atoms with Crippen molar-refractivity contribution in [3.05, 3.63) is 18.0 Å². The summed E-state index contributed by atoms with van der Waals surface area (Å²) in [5.74, 6) is 0. The second kappa shape index (κ2) is 4.26. The van der Waals surface area contributed by atoms with Gasteiger partial charge in [0.05, 0.1) is 5.69 Å². The van der Waals surface area contributed by atoms with Crippen molar-refractivity contribution in [2.45, 2.75) is 33.4 Å². The molecule has 0 aliphatic carbocycles. The maximum atomic E-state index is 4.25. The molecular formula is C9H17N3. The molecule has 0 radical (unpaired) electrons. The third-order valence-corrected chi connectivity index (χ3v) is 1.80. The minimum atomic E-state index is 0.452. The van der Waals surface area contributed by atoms with Gasteiger partial charge in [-0.3, -0.25) is 4.68 Å². The third-order valence-electron chi connectivity index (χ3n) is 1.80. The van der Waals surface area contributed by atoms with Crippen molar-refractivity contribution in [2.75, 3.05) is 6.54 Å². The van der Waals surface area contributed by atoms with Gasteiger partial charge in [0.15, 0.2) is 0 Å². The molecule has 1 heterocycles. The molecule has 0 unspecified atom stereocenters. The van der Waals surface area contributed by atoms with Crippen LogP contribution in [0, 0.1) is 0 Å². The lowest BCUT2D eigenvalue weighted by Gasteiger charge is -2.10. The van der Waals surface area contributed by atoms with Gasteiger partial charge in [-0.15, -0.1) is 0 Å². The van der Waals surface area contributed by atoms with E-state index in [0.29, 0.717) is 6.04 Å². The van der Waals surface area contributed by atoms with Crippen LogP contribution in [0.1, 0.15) is 32.5 Å². The first-order valence-corrected chi connectivity index (χ1v) is 4.48. The highest BCUT2D eigenvalue weighted by Gasteiger charge is 2.03. The minimum absolute atomic E-state index is 0.452. The predicted octanol–water partition coefficient (Wildman–Crippen LogP) is 1.57. The fourth-order valence-corrected chi connectivity index (χ4v) is 1.20. The molecule has 0 amide bonds. The summed E-state index contributed by atoms with van der Waals surface area (Å²) in [6, 6.07) is 2.51. The van der Waals surface area contributed by atoms with Gasteiger partial charge in [0, 0.05) is 18.8 Å². The summed E-state index contributed by atoms with van der Waals surface area (Å²) in [5.41, 5.74) is 1.26. The molecule has 0 aliphatic rings. The SMILES string of the molecule is CCNCc1ccnn1C(C)C. The molecule has 3 nitrogen and oxygen atoms in total. The van der Waals surface area contributed by atoms with E-state index >= 15 is 0 Å². The summed E-state index contributed by atoms with van der Waals surface area (Å²) in [4.78, 5) is 0. The summed E-state index contributed by atoms with van der Waals surface area (Å²) >= 11 is 0. The van der Waals surface area contributed by atoms with Crippen LogP contribution in [0.2, 0.25) is 0 Å². The van der Waals surface area contributed by atoms with E-state index in [-0.39, 0.29) is 0 Å². The molecule has 0 saturated carbocycles. The Kier molecular flexibility index (Phi) is 3.29. The highest BCUT2D eigenvalue weighted by atomic mass is 15.3. The Labute approximate surface area is 73.8 Å². The number of hydrogen-bond acceptors (Lipinski definition) is 2. The maximum absolute atomic E-state index is 4.25. The van der Waals surface area contributed by atoms with Crippen molar-refractivity contribution in [1.82, 2.24) is 15.1 Å². The molecule has 1 rings (SSSR count). The average molecular weight is 167 g/mol. The molecule has 0 fully saturated rings. The fourth-order valence-electron chi connectivity index (χ4n) is 1.20. The predicted molar refractivity (Wildman–Crippen MR) is 50.0 cm³/mol. The van der Waals surface area contributed by atoms with Gasteiger partial charge in [0.1, 0.15) is 0 Å². The van der Waals surface area contributed by atoms with E-state index in [1.54, 1.807) is 0 Å². The molecule has 0 spiro atoms. The van der Waals surface area contributed by atoms with Crippen LogP contribution < -0.4 is 5.32 Å². The van der Waals surface area contributed by atoms with Gasteiger partial charge in [-0.2, -0.15) is 5.10 Å². The van der Waals surface area contributed by atoms with Crippen molar-refractivity contribution in [3.8, 4) is 0 Å². The van der Waals surface area contributed by atoms with E-state index in [1.807, 2.05) is 10.9 Å². The number of hydrogen-bond donors (Lipinski definition) is 1. The molecule has 1 aromatic heterocycles. The zero-order valence-electron chi connectivity index (χ0n) is 8.04. The summed E-state index contributed by atoms with van der Waals surface area (Å²) in [6.45, 7) is 8.30. The lowest BCUT2D eigenvalue weighted by Crippen LogP contribution is -2.17. The summed E-state index contributed by atoms with van der Waals surface area (Å²) in [7, 11) is 0. The van der Waals surface area contributed by atoms with Gasteiger partial charge >= 0.3 is 0 Å². The zero-order chi connectivity index (χ0) is 8.97. The summed E-state index contributed by atoms with van der Waals surface area (Å²) < 4.78 is 2.04. The molecular weight excluding hydrogens is 150 g/mol. The van der Waals surface area contributed by atoms with E-state index in [1.165, 1.54) is 5.69 Å². The van der Waals surface area contributed by atoms with Crippen LogP contribution in [0.3, 0.4) is 0 Å². The van der Waals surface area contributed by atoms with Crippen molar-refractivity contribution in [2.24, 2.45) is 0 Å². The van der Waals surface area contributed by atoms with E-state index in [0.717, 1.165) is 13.1 Å². The number of nitrogens with one attached hydrogen (secondary N) is 1. The Bertz CT molecular complexity index is 227. The number of nitrogens with zero attached hydrogens (tertiary/aromatic N) is 2. The first kappa shape index (κ1) is 9.26. The second-order valence-electron chi connectivity index (χ2n) is 3.14. The van der Waals surface area contributed by atoms with Crippen LogP contribution in [0.25, 0.3) is 0 Å². The van der Waals surface area contributed by atoms with E-state index in [4.69, 9.17) is 0 Å². The molecule has 3 heteroatoms. The first-order valence-electron chi connectivity index (χ1n) is 4.48. The monoisotopic (exact) mass is 167 g/mol. The van der Waals surface area contributed by atoms with Gasteiger partial charge in [-0.05, 0) is 26.5 Å². The molecule has 68 valence electrons. The van der Waals surface area contributed by atoms with Crippen LogP contribution in [0.5, 0.6) is 0 Å². The molecule has 0 atom stereocenters. The third kappa shape index (κ3) is 2.08. The van der Waals surface area contributed by atoms with Gasteiger partial charge in [-0.1, -0.05) is 6.92 Å². The van der Waals surface area contributed by atoms with Crippen molar-refractivity contribution in [3.63, 3.8) is 0 Å². The molecule has 0 saturated heterocycles. The smallest absolute Gasteiger partial charge is 0.0525 e. The van der Waals surface area contributed by atoms with Crippen LogP contribution in [-0.4, -0.2) is 16.3 Å². The van der Waals surface area contributed by atoms with Crippen LogP contribution in [0.4, 0.5) is 0 Å². The molecule has 12 heavy (non-hydrogen) atoms. The highest BCUT2D eigenvalue weighted by molar-refractivity contribution is 5.00. The van der Waals surface area contributed by atoms with Gasteiger partial charge < -0.3 is 5.32 Å². The second-order valence-corrected chi connectivity index (χ2v) is 3.14. The molecule has 0 aliphatic heterocycles. The van der Waals surface area contributed by atoms with E-state index in [9.17, 15) is 0 Å². The highest BCUT2D eigenvalue weighted by Crippen LogP contribution is 2.06. The lowest BCUT2D eigenvalue weighted by atomic mass is 10.3. The number of aromatic nitrogens is 2. The Morgan fingerprint density at radius 1 is 1.58 bits per heavy atom. The fraction of sp³-hybridized carbons (Fsp3) is 0.667. The summed E-state index contributed by atoms with van der Waals surface area (Å²) in [5, 5.41) is 7.53. The van der Waals surface area contributed by atoms with Crippen LogP contribution in [0.15, 0.2) is 12.3 Å². The van der Waals surface area contributed by atoms with Crippen LogP contribution >= 0.6 is 0 Å². The Balaban J connectivity index is 2.64. The normalized spacial score (nSPS) is 11.0.